The van der Waals surface area contributed by atoms with Gasteiger partial charge in [-0.3, -0.25) is 14.4 Å². The largest absolute Gasteiger partial charge is 0.494 e. The highest BCUT2D eigenvalue weighted by molar-refractivity contribution is 7.93. The molecule has 43 heavy (non-hydrogen) atoms. The van der Waals surface area contributed by atoms with Crippen LogP contribution in [0.3, 0.4) is 0 Å². The predicted octanol–water partition coefficient (Wildman–Crippen LogP) is 4.38. The highest BCUT2D eigenvalue weighted by Gasteiger charge is 2.54. The predicted molar refractivity (Wildman–Crippen MR) is 163 cm³/mol. The highest BCUT2D eigenvalue weighted by Crippen LogP contribution is 2.51. The molecule has 0 aromatic heterocycles. The molecular weight excluding hydrogens is 594 g/mol. The quantitative estimate of drug-likeness (QED) is 0.315. The number of sulfonamides is 1. The molecule has 1 aliphatic rings. The topological polar surface area (TPSA) is 142 Å². The lowest BCUT2D eigenvalue weighted by molar-refractivity contribution is -0.120. The minimum absolute atomic E-state index is 0.0976. The summed E-state index contributed by atoms with van der Waals surface area (Å²) in [5.41, 5.74) is -1.17. The molecule has 10 nitrogen and oxygen atoms in total. The van der Waals surface area contributed by atoms with Crippen molar-refractivity contribution in [1.29, 1.82) is 0 Å². The van der Waals surface area contributed by atoms with E-state index in [1.165, 1.54) is 62.4 Å². The minimum Gasteiger partial charge on any atom is -0.494 e. The van der Waals surface area contributed by atoms with E-state index < -0.39 is 39.0 Å². The Morgan fingerprint density at radius 2 is 1.63 bits per heavy atom. The zero-order chi connectivity index (χ0) is 31.9. The lowest BCUT2D eigenvalue weighted by atomic mass is 9.76. The third-order valence-corrected chi connectivity index (χ3v) is 8.94. The first-order valence-electron chi connectivity index (χ1n) is 13.6. The number of anilines is 1. The van der Waals surface area contributed by atoms with Gasteiger partial charge in [0.1, 0.15) is 17.4 Å². The first-order valence-corrected chi connectivity index (χ1v) is 15.4. The summed E-state index contributed by atoms with van der Waals surface area (Å²) in [5, 5.41) is 15.0. The molecule has 0 fully saturated rings. The number of aliphatic hydroxyl groups is 1. The SMILES string of the molecule is CCOc1ccc2c(c1)C(C)(c1cc(C(=O)NC(C)O)ccc1Cl)C(=O)N2S(=O)(=O)c1ccc(C(=O)NC(C)(C)C)cc1. The number of amides is 3. The molecular formula is C31H34ClN3O7S. The summed E-state index contributed by atoms with van der Waals surface area (Å²) in [7, 11) is -4.48. The summed E-state index contributed by atoms with van der Waals surface area (Å²) in [6, 6.07) is 14.3. The molecule has 3 N–H and O–H groups in total. The Labute approximate surface area is 256 Å². The van der Waals surface area contributed by atoms with Gasteiger partial charge in [0, 0.05) is 27.3 Å². The van der Waals surface area contributed by atoms with E-state index in [4.69, 9.17) is 16.3 Å². The van der Waals surface area contributed by atoms with Crippen LogP contribution < -0.4 is 19.7 Å². The van der Waals surface area contributed by atoms with Crippen molar-refractivity contribution in [3.8, 4) is 5.75 Å². The van der Waals surface area contributed by atoms with Crippen LogP contribution in [-0.4, -0.2) is 49.6 Å². The molecule has 0 saturated heterocycles. The monoisotopic (exact) mass is 627 g/mol. The Bertz CT molecular complexity index is 1700. The molecule has 1 aliphatic heterocycles. The van der Waals surface area contributed by atoms with Crippen LogP contribution >= 0.6 is 11.6 Å². The smallest absolute Gasteiger partial charge is 0.270 e. The Morgan fingerprint density at radius 3 is 2.21 bits per heavy atom. The van der Waals surface area contributed by atoms with Gasteiger partial charge in [-0.05, 0) is 108 Å². The Morgan fingerprint density at radius 1 is 1.00 bits per heavy atom. The van der Waals surface area contributed by atoms with Crippen LogP contribution in [0.4, 0.5) is 5.69 Å². The number of halogens is 1. The molecule has 3 aromatic carbocycles. The molecule has 2 unspecified atom stereocenters. The van der Waals surface area contributed by atoms with E-state index in [-0.39, 0.29) is 38.2 Å². The molecule has 3 amide bonds. The summed E-state index contributed by atoms with van der Waals surface area (Å²) in [4.78, 5) is 39.5. The number of nitrogens with zero attached hydrogens (tertiary/aromatic N) is 1. The van der Waals surface area contributed by atoms with Crippen LogP contribution in [0.5, 0.6) is 5.75 Å². The van der Waals surface area contributed by atoms with Crippen molar-refractivity contribution in [2.24, 2.45) is 0 Å². The van der Waals surface area contributed by atoms with Gasteiger partial charge in [-0.15, -0.1) is 0 Å². The Hall–Kier alpha value is -3.93. The number of hydrogen-bond acceptors (Lipinski definition) is 7. The van der Waals surface area contributed by atoms with E-state index in [2.05, 4.69) is 10.6 Å². The van der Waals surface area contributed by atoms with E-state index in [9.17, 15) is 27.9 Å². The van der Waals surface area contributed by atoms with Crippen LogP contribution in [-0.2, 0) is 20.2 Å². The van der Waals surface area contributed by atoms with Crippen LogP contribution in [0.15, 0.2) is 65.6 Å². The fourth-order valence-corrected chi connectivity index (χ4v) is 6.71. The molecule has 228 valence electrons. The van der Waals surface area contributed by atoms with Crippen molar-refractivity contribution in [2.75, 3.05) is 10.9 Å². The minimum atomic E-state index is -4.48. The second-order valence-corrected chi connectivity index (χ2v) is 13.6. The van der Waals surface area contributed by atoms with Gasteiger partial charge in [0.15, 0.2) is 0 Å². The average molecular weight is 628 g/mol. The number of carbonyl (C=O) groups is 3. The summed E-state index contributed by atoms with van der Waals surface area (Å²) in [5.74, 6) is -1.39. The summed E-state index contributed by atoms with van der Waals surface area (Å²) in [6.07, 6.45) is -1.13. The summed E-state index contributed by atoms with van der Waals surface area (Å²) in [6.45, 7) is 10.5. The molecule has 1 heterocycles. The van der Waals surface area contributed by atoms with E-state index in [0.29, 0.717) is 17.9 Å². The van der Waals surface area contributed by atoms with E-state index in [1.807, 2.05) is 20.8 Å². The van der Waals surface area contributed by atoms with Crippen LogP contribution in [0.25, 0.3) is 0 Å². The molecule has 2 atom stereocenters. The zero-order valence-electron chi connectivity index (χ0n) is 24.7. The van der Waals surface area contributed by atoms with Gasteiger partial charge >= 0.3 is 0 Å². The molecule has 4 rings (SSSR count). The normalized spacial score (nSPS) is 17.3. The number of carbonyl (C=O) groups excluding carboxylic acids is 3. The van der Waals surface area contributed by atoms with Crippen molar-refractivity contribution < 1.29 is 32.6 Å². The number of benzene rings is 3. The lowest BCUT2D eigenvalue weighted by Crippen LogP contribution is -2.42. The maximum absolute atomic E-state index is 14.4. The van der Waals surface area contributed by atoms with Gasteiger partial charge in [-0.2, -0.15) is 0 Å². The fourth-order valence-electron chi connectivity index (χ4n) is 4.89. The van der Waals surface area contributed by atoms with Crippen molar-refractivity contribution in [3.63, 3.8) is 0 Å². The molecule has 0 radical (unpaired) electrons. The summed E-state index contributed by atoms with van der Waals surface area (Å²) < 4.78 is 34.5. The molecule has 0 aliphatic carbocycles. The van der Waals surface area contributed by atoms with Gasteiger partial charge in [-0.1, -0.05) is 11.6 Å². The second kappa shape index (κ2) is 11.6. The molecule has 0 bridgehead atoms. The van der Waals surface area contributed by atoms with Crippen LogP contribution in [0.2, 0.25) is 5.02 Å². The number of ether oxygens (including phenoxy) is 1. The van der Waals surface area contributed by atoms with Crippen molar-refractivity contribution in [2.45, 2.75) is 63.6 Å². The lowest BCUT2D eigenvalue weighted by Gasteiger charge is -2.26. The van der Waals surface area contributed by atoms with Crippen LogP contribution in [0, 0.1) is 0 Å². The standard InChI is InChI=1S/C31H34ClN3O7S/c1-7-42-21-11-15-26-24(17-21)31(6,23-16-20(10-14-25(23)32)27(37)33-18(2)36)29(39)35(26)43(40,41)22-12-8-19(9-13-22)28(38)34-30(3,4)5/h8-18,36H,7H2,1-6H3,(H,33,37)(H,34,38). The third-order valence-electron chi connectivity index (χ3n) is 6.90. The van der Waals surface area contributed by atoms with Crippen molar-refractivity contribution in [1.82, 2.24) is 10.6 Å². The Kier molecular flexibility index (Phi) is 8.65. The number of fused-ring (bicyclic) bond motifs is 1. The zero-order valence-corrected chi connectivity index (χ0v) is 26.3. The van der Waals surface area contributed by atoms with Gasteiger partial charge in [0.05, 0.1) is 17.2 Å². The van der Waals surface area contributed by atoms with Gasteiger partial charge in [-0.25, -0.2) is 12.7 Å². The second-order valence-electron chi connectivity index (χ2n) is 11.4. The molecule has 3 aromatic rings. The van der Waals surface area contributed by atoms with Gasteiger partial charge in [0.2, 0.25) is 0 Å². The van der Waals surface area contributed by atoms with Crippen molar-refractivity contribution in [3.05, 3.63) is 87.9 Å². The average Bonchev–Trinajstić information content (AvgIpc) is 3.15. The number of nitrogens with one attached hydrogen (secondary N) is 2. The van der Waals surface area contributed by atoms with E-state index in [0.717, 1.165) is 4.31 Å². The van der Waals surface area contributed by atoms with Gasteiger partial charge in [0.25, 0.3) is 27.7 Å². The maximum atomic E-state index is 14.4. The highest BCUT2D eigenvalue weighted by atomic mass is 35.5. The Balaban J connectivity index is 1.85. The first kappa shape index (κ1) is 32.0. The molecule has 0 spiro atoms. The maximum Gasteiger partial charge on any atom is 0.270 e. The van der Waals surface area contributed by atoms with Crippen molar-refractivity contribution >= 4 is 45.0 Å². The summed E-state index contributed by atoms with van der Waals surface area (Å²) >= 11 is 6.61. The number of aliphatic hydroxyl groups excluding tert-OH is 1. The number of hydrogen-bond donors (Lipinski definition) is 3. The molecule has 12 heteroatoms. The molecule has 0 saturated carbocycles. The fraction of sp³-hybridized carbons (Fsp3) is 0.323. The first-order chi connectivity index (χ1) is 20.0. The van der Waals surface area contributed by atoms with E-state index >= 15 is 0 Å². The third kappa shape index (κ3) is 6.11. The van der Waals surface area contributed by atoms with Gasteiger partial charge < -0.3 is 20.5 Å². The number of rotatable bonds is 8. The van der Waals surface area contributed by atoms with Crippen LogP contribution in [0.1, 0.15) is 73.4 Å². The van der Waals surface area contributed by atoms with E-state index in [1.54, 1.807) is 19.1 Å².